The van der Waals surface area contributed by atoms with E-state index in [-0.39, 0.29) is 6.09 Å². The zero-order valence-electron chi connectivity index (χ0n) is 25.3. The number of amides is 1. The highest BCUT2D eigenvalue weighted by Crippen LogP contribution is 2.32. The first-order chi connectivity index (χ1) is 20.7. The van der Waals surface area contributed by atoms with Crippen LogP contribution in [-0.4, -0.2) is 86.3 Å². The number of hydrogen-bond acceptors (Lipinski definition) is 9. The second-order valence-corrected chi connectivity index (χ2v) is 12.3. The Balaban J connectivity index is 1.10. The van der Waals surface area contributed by atoms with Gasteiger partial charge in [-0.05, 0) is 69.4 Å². The Bertz CT molecular complexity index is 1590. The molecule has 0 unspecified atom stereocenters. The van der Waals surface area contributed by atoms with Gasteiger partial charge in [0.1, 0.15) is 17.1 Å². The molecular weight excluding hydrogens is 546 g/mol. The monoisotopic (exact) mass is 585 g/mol. The molecule has 11 nitrogen and oxygen atoms in total. The molecular formula is C32H39N7O4. The summed E-state index contributed by atoms with van der Waals surface area (Å²) in [7, 11) is 1.62. The largest absolute Gasteiger partial charge is 0.493 e. The van der Waals surface area contributed by atoms with Gasteiger partial charge in [-0.1, -0.05) is 6.07 Å². The molecule has 11 heteroatoms. The Kier molecular flexibility index (Phi) is 8.16. The minimum atomic E-state index is -0.484. The second-order valence-electron chi connectivity index (χ2n) is 12.3. The molecule has 4 heterocycles. The van der Waals surface area contributed by atoms with Gasteiger partial charge in [0.05, 0.1) is 30.9 Å². The zero-order chi connectivity index (χ0) is 30.0. The van der Waals surface area contributed by atoms with E-state index in [9.17, 15) is 4.79 Å². The molecule has 0 bridgehead atoms. The maximum atomic E-state index is 12.4. The smallest absolute Gasteiger partial charge is 0.410 e. The molecule has 0 atom stereocenters. The maximum Gasteiger partial charge on any atom is 0.410 e. The van der Waals surface area contributed by atoms with E-state index in [0.717, 1.165) is 47.7 Å². The van der Waals surface area contributed by atoms with Crippen LogP contribution < -0.4 is 9.47 Å². The molecule has 0 spiro atoms. The molecule has 2 aliphatic rings. The molecule has 1 N–H and O–H groups in total. The molecule has 1 aliphatic carbocycles. The lowest BCUT2D eigenvalue weighted by Crippen LogP contribution is -2.49. The summed E-state index contributed by atoms with van der Waals surface area (Å²) in [6, 6.07) is 10.5. The molecule has 0 radical (unpaired) electrons. The normalized spacial score (nSPS) is 16.0. The number of aromatic nitrogens is 5. The van der Waals surface area contributed by atoms with Crippen LogP contribution in [0.15, 0.2) is 42.7 Å². The summed E-state index contributed by atoms with van der Waals surface area (Å²) in [5.41, 5.74) is 5.00. The second kappa shape index (κ2) is 12.2. The Morgan fingerprint density at radius 2 is 1.86 bits per heavy atom. The van der Waals surface area contributed by atoms with Crippen molar-refractivity contribution < 1.29 is 19.0 Å². The first kappa shape index (κ1) is 28.9. The molecule has 6 rings (SSSR count). The molecule has 3 aromatic heterocycles. The predicted molar refractivity (Wildman–Crippen MR) is 162 cm³/mol. The van der Waals surface area contributed by atoms with E-state index in [0.29, 0.717) is 49.5 Å². The number of nitrogens with one attached hydrogen (secondary N) is 1. The van der Waals surface area contributed by atoms with Crippen molar-refractivity contribution in [3.05, 3.63) is 59.8 Å². The number of methoxy groups -OCH3 is 1. The van der Waals surface area contributed by atoms with Crippen molar-refractivity contribution in [3.8, 4) is 23.0 Å². The van der Waals surface area contributed by atoms with Crippen molar-refractivity contribution >= 4 is 17.1 Å². The third-order valence-electron chi connectivity index (χ3n) is 7.56. The Labute approximate surface area is 251 Å². The highest BCUT2D eigenvalue weighted by atomic mass is 16.6. The van der Waals surface area contributed by atoms with Gasteiger partial charge < -0.3 is 24.1 Å². The van der Waals surface area contributed by atoms with Crippen LogP contribution in [0.5, 0.6) is 11.8 Å². The highest BCUT2D eigenvalue weighted by molar-refractivity contribution is 5.82. The predicted octanol–water partition coefficient (Wildman–Crippen LogP) is 4.86. The summed E-state index contributed by atoms with van der Waals surface area (Å²) in [6.07, 6.45) is 6.27. The summed E-state index contributed by atoms with van der Waals surface area (Å²) in [5, 5.41) is 0. The summed E-state index contributed by atoms with van der Waals surface area (Å²) in [6.45, 7) is 10.0. The van der Waals surface area contributed by atoms with Gasteiger partial charge in [-0.15, -0.1) is 0 Å². The quantitative estimate of drug-likeness (QED) is 0.294. The van der Waals surface area contributed by atoms with Crippen LogP contribution in [0.25, 0.3) is 22.3 Å². The number of ether oxygens (including phenoxy) is 3. The van der Waals surface area contributed by atoms with E-state index in [4.69, 9.17) is 19.2 Å². The van der Waals surface area contributed by atoms with Crippen LogP contribution >= 0.6 is 0 Å². The minimum absolute atomic E-state index is 0.241. The first-order valence-electron chi connectivity index (χ1n) is 14.9. The number of fused-ring (bicyclic) bond motifs is 1. The number of rotatable bonds is 9. The first-order valence-corrected chi connectivity index (χ1v) is 14.9. The summed E-state index contributed by atoms with van der Waals surface area (Å²) < 4.78 is 16.9. The van der Waals surface area contributed by atoms with E-state index >= 15 is 0 Å². The molecule has 43 heavy (non-hydrogen) atoms. The van der Waals surface area contributed by atoms with Crippen LogP contribution in [0.4, 0.5) is 4.79 Å². The van der Waals surface area contributed by atoms with Crippen LogP contribution in [0.3, 0.4) is 0 Å². The summed E-state index contributed by atoms with van der Waals surface area (Å²) in [5.74, 6) is 2.04. The molecule has 1 saturated carbocycles. The number of nitrogens with zero attached hydrogens (tertiary/aromatic N) is 6. The van der Waals surface area contributed by atoms with Crippen molar-refractivity contribution in [1.29, 1.82) is 0 Å². The molecule has 226 valence electrons. The van der Waals surface area contributed by atoms with Crippen LogP contribution in [0.1, 0.15) is 50.7 Å². The lowest BCUT2D eigenvalue weighted by Gasteiger charge is -2.35. The van der Waals surface area contributed by atoms with Gasteiger partial charge in [-0.3, -0.25) is 9.88 Å². The molecule has 1 aromatic carbocycles. The minimum Gasteiger partial charge on any atom is -0.493 e. The average Bonchev–Trinajstić information content (AvgIpc) is 3.73. The van der Waals surface area contributed by atoms with Crippen LogP contribution in [0, 0.1) is 5.92 Å². The van der Waals surface area contributed by atoms with Crippen molar-refractivity contribution in [2.24, 2.45) is 5.92 Å². The third kappa shape index (κ3) is 7.40. The van der Waals surface area contributed by atoms with Crippen molar-refractivity contribution in [2.75, 3.05) is 39.9 Å². The van der Waals surface area contributed by atoms with Gasteiger partial charge >= 0.3 is 12.1 Å². The zero-order valence-corrected chi connectivity index (χ0v) is 25.3. The van der Waals surface area contributed by atoms with Crippen LogP contribution in [0.2, 0.25) is 0 Å². The van der Waals surface area contributed by atoms with Gasteiger partial charge in [-0.25, -0.2) is 9.78 Å². The Hall–Kier alpha value is -4.25. The SMILES string of the molecule is COc1cnc(OCC2CC2)nc1-c1ccc2nc(Cc3cc(CN4CCN(C(=O)OC(C)(C)C)CC4)ccn3)[nH]c2c1. The number of pyridine rings is 1. The number of carbonyl (C=O) groups excluding carboxylic acids is 1. The lowest BCUT2D eigenvalue weighted by molar-refractivity contribution is 0.0139. The van der Waals surface area contributed by atoms with E-state index < -0.39 is 5.60 Å². The topological polar surface area (TPSA) is 119 Å². The summed E-state index contributed by atoms with van der Waals surface area (Å²) in [4.78, 5) is 38.4. The van der Waals surface area contributed by atoms with Gasteiger partial charge in [0, 0.05) is 56.6 Å². The number of carbonyl (C=O) groups is 1. The van der Waals surface area contributed by atoms with Gasteiger partial charge in [0.25, 0.3) is 0 Å². The van der Waals surface area contributed by atoms with Gasteiger partial charge in [0.15, 0.2) is 5.75 Å². The van der Waals surface area contributed by atoms with Gasteiger partial charge in [-0.2, -0.15) is 9.97 Å². The molecule has 2 fully saturated rings. The van der Waals surface area contributed by atoms with Crippen molar-refractivity contribution in [3.63, 3.8) is 0 Å². The standard InChI is InChI=1S/C32H39N7O4/c1-32(2,3)43-31(40)39-13-11-38(12-14-39)19-22-9-10-33-24(15-22)17-28-35-25-8-7-23(16-26(25)36-28)29-27(41-4)18-34-30(37-29)42-20-21-5-6-21/h7-10,15-16,18,21H,5-6,11-14,17,19-20H2,1-4H3,(H,35,36). The fraction of sp³-hybridized carbons (Fsp3) is 0.469. The fourth-order valence-corrected chi connectivity index (χ4v) is 5.12. The van der Waals surface area contributed by atoms with Crippen molar-refractivity contribution in [1.82, 2.24) is 34.7 Å². The number of piperazine rings is 1. The fourth-order valence-electron chi connectivity index (χ4n) is 5.12. The number of benzene rings is 1. The van der Waals surface area contributed by atoms with Gasteiger partial charge in [0.2, 0.25) is 0 Å². The van der Waals surface area contributed by atoms with E-state index in [1.54, 1.807) is 18.2 Å². The third-order valence-corrected chi connectivity index (χ3v) is 7.56. The van der Waals surface area contributed by atoms with E-state index in [2.05, 4.69) is 30.9 Å². The Morgan fingerprint density at radius 3 is 2.60 bits per heavy atom. The number of H-pyrrole nitrogens is 1. The maximum absolute atomic E-state index is 12.4. The van der Waals surface area contributed by atoms with E-state index in [1.165, 1.54) is 18.4 Å². The Morgan fingerprint density at radius 1 is 1.05 bits per heavy atom. The lowest BCUT2D eigenvalue weighted by atomic mass is 10.1. The molecule has 1 saturated heterocycles. The molecule has 1 amide bonds. The summed E-state index contributed by atoms with van der Waals surface area (Å²) >= 11 is 0. The number of aromatic amines is 1. The average molecular weight is 586 g/mol. The molecule has 4 aromatic rings. The number of hydrogen-bond donors (Lipinski definition) is 1. The van der Waals surface area contributed by atoms with Crippen molar-refractivity contribution in [2.45, 2.75) is 52.2 Å². The molecule has 1 aliphatic heterocycles. The van der Waals surface area contributed by atoms with Crippen LogP contribution in [-0.2, 0) is 17.7 Å². The highest BCUT2D eigenvalue weighted by Gasteiger charge is 2.26. The number of imidazole rings is 1. The van der Waals surface area contributed by atoms with E-state index in [1.807, 2.05) is 51.2 Å².